The van der Waals surface area contributed by atoms with Gasteiger partial charge in [0.25, 0.3) is 0 Å². The van der Waals surface area contributed by atoms with Gasteiger partial charge in [0.2, 0.25) is 0 Å². The van der Waals surface area contributed by atoms with Crippen LogP contribution in [0.1, 0.15) is 30.9 Å². The highest BCUT2D eigenvalue weighted by Gasteiger charge is 2.27. The Hall–Kier alpha value is -1.80. The topological polar surface area (TPSA) is 62.9 Å². The van der Waals surface area contributed by atoms with Gasteiger partial charge in [-0.25, -0.2) is 4.99 Å². The Bertz CT molecular complexity index is 575. The summed E-state index contributed by atoms with van der Waals surface area (Å²) >= 11 is 0. The lowest BCUT2D eigenvalue weighted by molar-refractivity contribution is -0.176. The van der Waals surface area contributed by atoms with Gasteiger partial charge in [0.05, 0.1) is 13.2 Å². The number of guanidine groups is 1. The number of hydrogen-bond donors (Lipinski definition) is 2. The van der Waals surface area contributed by atoms with E-state index in [2.05, 4.69) is 26.9 Å². The number of hydrogen-bond acceptors (Lipinski definition) is 3. The van der Waals surface area contributed by atoms with Gasteiger partial charge >= 0.3 is 6.18 Å². The number of halogens is 3. The van der Waals surface area contributed by atoms with Gasteiger partial charge in [0.15, 0.2) is 5.96 Å². The molecule has 2 rings (SSSR count). The lowest BCUT2D eigenvalue weighted by Crippen LogP contribution is -2.42. The quantitative estimate of drug-likeness (QED) is 0.544. The van der Waals surface area contributed by atoms with Crippen molar-refractivity contribution in [2.24, 2.45) is 10.7 Å². The number of rotatable bonds is 8. The number of aliphatic imine (C=N–C) groups is 1. The molecule has 1 atom stereocenters. The summed E-state index contributed by atoms with van der Waals surface area (Å²) in [6.07, 6.45) is -1.91. The van der Waals surface area contributed by atoms with E-state index in [4.69, 9.17) is 5.73 Å². The molecule has 3 N–H and O–H groups in total. The van der Waals surface area contributed by atoms with Crippen molar-refractivity contribution in [1.82, 2.24) is 10.2 Å². The molecule has 1 aromatic rings. The summed E-state index contributed by atoms with van der Waals surface area (Å²) in [5, 5.41) is 3.17. The van der Waals surface area contributed by atoms with Crippen LogP contribution in [0, 0.1) is 0 Å². The molecular weight excluding hydrogens is 345 g/mol. The highest BCUT2D eigenvalue weighted by Crippen LogP contribution is 2.16. The Morgan fingerprint density at radius 3 is 2.65 bits per heavy atom. The molecule has 1 saturated heterocycles. The van der Waals surface area contributed by atoms with Crippen LogP contribution >= 0.6 is 0 Å². The normalized spacial score (nSPS) is 19.1. The molecule has 8 heteroatoms. The average molecular weight is 372 g/mol. The second-order valence-corrected chi connectivity index (χ2v) is 6.43. The molecule has 1 aliphatic rings. The fraction of sp³-hybridized carbons (Fsp3) is 0.611. The molecular formula is C18H27F3N4O. The predicted molar refractivity (Wildman–Crippen MR) is 95.8 cm³/mol. The molecule has 1 heterocycles. The molecule has 0 bridgehead atoms. The Balaban J connectivity index is 1.73. The Morgan fingerprint density at radius 2 is 2.00 bits per heavy atom. The second kappa shape index (κ2) is 9.78. The van der Waals surface area contributed by atoms with E-state index >= 15 is 0 Å². The van der Waals surface area contributed by atoms with E-state index < -0.39 is 12.8 Å². The first-order chi connectivity index (χ1) is 12.4. The van der Waals surface area contributed by atoms with Crippen molar-refractivity contribution in [1.29, 1.82) is 0 Å². The minimum Gasteiger partial charge on any atom is -0.370 e. The Morgan fingerprint density at radius 1 is 1.31 bits per heavy atom. The van der Waals surface area contributed by atoms with Gasteiger partial charge in [-0.3, -0.25) is 4.90 Å². The van der Waals surface area contributed by atoms with Gasteiger partial charge in [-0.2, -0.15) is 13.2 Å². The fourth-order valence-corrected chi connectivity index (χ4v) is 3.02. The number of nitrogens with two attached hydrogens (primary N) is 1. The first-order valence-electron chi connectivity index (χ1n) is 8.87. The molecule has 0 radical (unpaired) electrons. The van der Waals surface area contributed by atoms with Crippen LogP contribution in [-0.4, -0.2) is 49.3 Å². The van der Waals surface area contributed by atoms with Crippen molar-refractivity contribution >= 4 is 5.96 Å². The summed E-state index contributed by atoms with van der Waals surface area (Å²) in [7, 11) is 0. The van der Waals surface area contributed by atoms with Crippen LogP contribution in [0.4, 0.5) is 13.2 Å². The van der Waals surface area contributed by atoms with Crippen molar-refractivity contribution in [2.45, 2.75) is 45.1 Å². The molecule has 1 aliphatic heterocycles. The number of likely N-dealkylation sites (N-methyl/N-ethyl adjacent to an activating group) is 1. The molecule has 1 fully saturated rings. The van der Waals surface area contributed by atoms with Crippen molar-refractivity contribution < 1.29 is 17.9 Å². The molecule has 1 unspecified atom stereocenters. The standard InChI is InChI=1S/C18H27F3N4O/c1-2-25-9-3-4-16(25)11-24-17(22)23-10-14-5-7-15(8-6-14)12-26-13-18(19,20)21/h5-8,16H,2-4,9-13H2,1H3,(H3,22,23,24). The van der Waals surface area contributed by atoms with E-state index in [1.807, 2.05) is 12.1 Å². The average Bonchev–Trinajstić information content (AvgIpc) is 3.05. The van der Waals surface area contributed by atoms with E-state index in [1.165, 1.54) is 12.8 Å². The largest absolute Gasteiger partial charge is 0.411 e. The van der Waals surface area contributed by atoms with Crippen LogP contribution in [-0.2, 0) is 17.9 Å². The molecule has 0 aromatic heterocycles. The minimum absolute atomic E-state index is 0.0674. The summed E-state index contributed by atoms with van der Waals surface area (Å²) in [5.74, 6) is 0.408. The maximum Gasteiger partial charge on any atom is 0.411 e. The predicted octanol–water partition coefficient (Wildman–Crippen LogP) is 2.65. The van der Waals surface area contributed by atoms with Crippen LogP contribution in [0.3, 0.4) is 0 Å². The molecule has 0 saturated carbocycles. The number of likely N-dealkylation sites (tertiary alicyclic amines) is 1. The van der Waals surface area contributed by atoms with Gasteiger partial charge in [0.1, 0.15) is 6.61 Å². The van der Waals surface area contributed by atoms with Gasteiger partial charge in [-0.05, 0) is 37.1 Å². The lowest BCUT2D eigenvalue weighted by Gasteiger charge is -2.23. The number of alkyl halides is 3. The molecule has 0 amide bonds. The molecule has 0 aliphatic carbocycles. The summed E-state index contributed by atoms with van der Waals surface area (Å²) in [5.41, 5.74) is 7.54. The number of nitrogens with one attached hydrogen (secondary N) is 1. The first kappa shape index (κ1) is 20.5. The maximum absolute atomic E-state index is 12.0. The van der Waals surface area contributed by atoms with Gasteiger partial charge in [0, 0.05) is 12.6 Å². The zero-order chi connectivity index (χ0) is 19.0. The van der Waals surface area contributed by atoms with E-state index in [-0.39, 0.29) is 6.61 Å². The summed E-state index contributed by atoms with van der Waals surface area (Å²) < 4.78 is 40.8. The van der Waals surface area contributed by atoms with Crippen LogP contribution in [0.25, 0.3) is 0 Å². The van der Waals surface area contributed by atoms with Crippen molar-refractivity contribution in [3.63, 3.8) is 0 Å². The van der Waals surface area contributed by atoms with Gasteiger partial charge in [-0.1, -0.05) is 31.2 Å². The molecule has 0 spiro atoms. The van der Waals surface area contributed by atoms with Crippen LogP contribution < -0.4 is 11.1 Å². The van der Waals surface area contributed by atoms with Crippen LogP contribution in [0.2, 0.25) is 0 Å². The smallest absolute Gasteiger partial charge is 0.370 e. The third-order valence-corrected chi connectivity index (χ3v) is 4.41. The van der Waals surface area contributed by atoms with Crippen molar-refractivity contribution in [3.05, 3.63) is 35.4 Å². The third kappa shape index (κ3) is 7.21. The van der Waals surface area contributed by atoms with Crippen LogP contribution in [0.15, 0.2) is 29.3 Å². The first-order valence-corrected chi connectivity index (χ1v) is 8.87. The minimum atomic E-state index is -4.30. The molecule has 1 aromatic carbocycles. The second-order valence-electron chi connectivity index (χ2n) is 6.43. The van der Waals surface area contributed by atoms with Crippen molar-refractivity contribution in [2.75, 3.05) is 26.2 Å². The molecule has 146 valence electrons. The summed E-state index contributed by atoms with van der Waals surface area (Å²) in [6.45, 7) is 4.25. The number of nitrogens with zero attached hydrogens (tertiary/aromatic N) is 2. The summed E-state index contributed by atoms with van der Waals surface area (Å²) in [6, 6.07) is 7.62. The highest BCUT2D eigenvalue weighted by atomic mass is 19.4. The number of ether oxygens (including phenoxy) is 1. The zero-order valence-electron chi connectivity index (χ0n) is 15.1. The fourth-order valence-electron chi connectivity index (χ4n) is 3.02. The van der Waals surface area contributed by atoms with E-state index in [0.717, 1.165) is 25.2 Å². The Labute approximate surface area is 152 Å². The van der Waals surface area contributed by atoms with Crippen molar-refractivity contribution in [3.8, 4) is 0 Å². The highest BCUT2D eigenvalue weighted by molar-refractivity contribution is 5.77. The van der Waals surface area contributed by atoms with E-state index in [1.54, 1.807) is 12.1 Å². The van der Waals surface area contributed by atoms with Crippen LogP contribution in [0.5, 0.6) is 0 Å². The van der Waals surface area contributed by atoms with Gasteiger partial charge in [-0.15, -0.1) is 0 Å². The zero-order valence-corrected chi connectivity index (χ0v) is 15.1. The maximum atomic E-state index is 12.0. The van der Waals surface area contributed by atoms with E-state index in [0.29, 0.717) is 24.1 Å². The Kier molecular flexibility index (Phi) is 7.71. The SMILES string of the molecule is CCN1CCCC1CNC(N)=NCc1ccc(COCC(F)(F)F)cc1. The van der Waals surface area contributed by atoms with Gasteiger partial charge < -0.3 is 15.8 Å². The molecule has 5 nitrogen and oxygen atoms in total. The third-order valence-electron chi connectivity index (χ3n) is 4.41. The number of benzene rings is 1. The summed E-state index contributed by atoms with van der Waals surface area (Å²) in [4.78, 5) is 6.75. The molecule has 26 heavy (non-hydrogen) atoms. The monoisotopic (exact) mass is 372 g/mol. The van der Waals surface area contributed by atoms with E-state index in [9.17, 15) is 13.2 Å². The lowest BCUT2D eigenvalue weighted by atomic mass is 10.1.